The fourth-order valence-corrected chi connectivity index (χ4v) is 1.42. The fourth-order valence-electron chi connectivity index (χ4n) is 0.794. The van der Waals surface area contributed by atoms with Crippen molar-refractivity contribution in [2.75, 3.05) is 31.0 Å². The highest BCUT2D eigenvalue weighted by molar-refractivity contribution is 7.98. The molecule has 11 heavy (non-hydrogen) atoms. The topological polar surface area (TPSA) is 9.23 Å². The molecule has 0 unspecified atom stereocenters. The number of unbranched alkanes of at least 4 members (excludes halogenated alkanes) is 2. The lowest BCUT2D eigenvalue weighted by molar-refractivity contribution is 0.146. The van der Waals surface area contributed by atoms with Crippen LogP contribution in [0.3, 0.4) is 0 Å². The highest BCUT2D eigenvalue weighted by Crippen LogP contribution is 2.01. The van der Waals surface area contributed by atoms with Crippen LogP contribution in [0, 0.1) is 0 Å². The highest BCUT2D eigenvalue weighted by atomic mass is 32.2. The molecule has 0 saturated heterocycles. The van der Waals surface area contributed by atoms with Crippen molar-refractivity contribution in [1.29, 1.82) is 0 Å². The Hall–Kier alpha value is 0.660. The second-order valence-corrected chi connectivity index (χ2v) is 3.82. The molecule has 68 valence electrons. The van der Waals surface area contributed by atoms with Crippen molar-refractivity contribution in [2.45, 2.75) is 19.3 Å². The van der Waals surface area contributed by atoms with E-state index in [0.717, 1.165) is 19.0 Å². The third kappa shape index (κ3) is 10.7. The Labute approximate surface area is 79.7 Å². The number of thioether (sulfide) groups is 1. The van der Waals surface area contributed by atoms with Gasteiger partial charge in [0.1, 0.15) is 0 Å². The van der Waals surface area contributed by atoms with E-state index < -0.39 is 0 Å². The monoisotopic (exact) mass is 194 g/mol. The predicted molar refractivity (Wildman–Crippen MR) is 56.9 cm³/mol. The van der Waals surface area contributed by atoms with Gasteiger partial charge in [-0.1, -0.05) is 6.42 Å². The van der Waals surface area contributed by atoms with Gasteiger partial charge in [-0.05, 0) is 24.9 Å². The molecule has 0 aliphatic carbocycles. The van der Waals surface area contributed by atoms with Crippen molar-refractivity contribution < 1.29 is 4.74 Å². The molecule has 0 rings (SSSR count). The normalized spacial score (nSPS) is 10.4. The zero-order chi connectivity index (χ0) is 8.36. The number of ether oxygens (including phenoxy) is 1. The van der Waals surface area contributed by atoms with Gasteiger partial charge in [0.2, 0.25) is 0 Å². The fraction of sp³-hybridized carbons (Fsp3) is 1.00. The zero-order valence-corrected chi connectivity index (χ0v) is 8.92. The lowest BCUT2D eigenvalue weighted by Gasteiger charge is -2.00. The quantitative estimate of drug-likeness (QED) is 0.469. The van der Waals surface area contributed by atoms with Crippen LogP contribution in [0.4, 0.5) is 0 Å². The van der Waals surface area contributed by atoms with Crippen LogP contribution >= 0.6 is 24.4 Å². The summed E-state index contributed by atoms with van der Waals surface area (Å²) in [6.07, 6.45) is 5.98. The number of thiol groups is 1. The molecule has 3 heteroatoms. The molecule has 0 aromatic rings. The second kappa shape index (κ2) is 10.7. The minimum absolute atomic E-state index is 0.797. The molecule has 0 aliphatic rings. The number of hydrogen-bond acceptors (Lipinski definition) is 3. The molecule has 0 amide bonds. The van der Waals surface area contributed by atoms with Crippen LogP contribution < -0.4 is 0 Å². The average molecular weight is 194 g/mol. The molecule has 0 aliphatic heterocycles. The van der Waals surface area contributed by atoms with E-state index >= 15 is 0 Å². The Bertz CT molecular complexity index is 61.1. The Morgan fingerprint density at radius 1 is 1.18 bits per heavy atom. The van der Waals surface area contributed by atoms with Gasteiger partial charge < -0.3 is 4.74 Å². The maximum Gasteiger partial charge on any atom is 0.0554 e. The molecule has 0 atom stereocenters. The van der Waals surface area contributed by atoms with E-state index in [1.165, 1.54) is 25.0 Å². The lowest BCUT2D eigenvalue weighted by atomic mass is 10.3. The van der Waals surface area contributed by atoms with Gasteiger partial charge in [0.25, 0.3) is 0 Å². The third-order valence-electron chi connectivity index (χ3n) is 1.37. The summed E-state index contributed by atoms with van der Waals surface area (Å²) in [5.41, 5.74) is 0. The largest absolute Gasteiger partial charge is 0.381 e. The molecule has 0 bridgehead atoms. The third-order valence-corrected chi connectivity index (χ3v) is 2.25. The van der Waals surface area contributed by atoms with Crippen molar-refractivity contribution >= 4 is 24.4 Å². The summed E-state index contributed by atoms with van der Waals surface area (Å²) in [5, 5.41) is 0. The summed E-state index contributed by atoms with van der Waals surface area (Å²) in [7, 11) is 0. The minimum Gasteiger partial charge on any atom is -0.381 e. The van der Waals surface area contributed by atoms with Crippen molar-refractivity contribution in [3.63, 3.8) is 0 Å². The van der Waals surface area contributed by atoms with Gasteiger partial charge in [-0.2, -0.15) is 24.4 Å². The van der Waals surface area contributed by atoms with Gasteiger partial charge in [-0.25, -0.2) is 0 Å². The van der Waals surface area contributed by atoms with Crippen molar-refractivity contribution in [3.8, 4) is 0 Å². The predicted octanol–water partition coefficient (Wildman–Crippen LogP) is 2.47. The number of rotatable bonds is 8. The van der Waals surface area contributed by atoms with E-state index in [2.05, 4.69) is 18.9 Å². The summed E-state index contributed by atoms with van der Waals surface area (Å²) in [6, 6.07) is 0. The van der Waals surface area contributed by atoms with Crippen LogP contribution in [0.25, 0.3) is 0 Å². The van der Waals surface area contributed by atoms with E-state index in [4.69, 9.17) is 4.74 Å². The van der Waals surface area contributed by atoms with Crippen LogP contribution in [0.15, 0.2) is 0 Å². The Balaban J connectivity index is 2.69. The van der Waals surface area contributed by atoms with Gasteiger partial charge >= 0.3 is 0 Å². The Morgan fingerprint density at radius 3 is 2.64 bits per heavy atom. The molecule has 0 spiro atoms. The molecular weight excluding hydrogens is 176 g/mol. The first kappa shape index (κ1) is 11.7. The van der Waals surface area contributed by atoms with E-state index in [-0.39, 0.29) is 0 Å². The van der Waals surface area contributed by atoms with Crippen molar-refractivity contribution in [2.24, 2.45) is 0 Å². The summed E-state index contributed by atoms with van der Waals surface area (Å²) in [4.78, 5) is 0. The van der Waals surface area contributed by atoms with E-state index in [9.17, 15) is 0 Å². The van der Waals surface area contributed by atoms with Crippen LogP contribution in [-0.4, -0.2) is 31.0 Å². The van der Waals surface area contributed by atoms with Crippen LogP contribution in [0.5, 0.6) is 0 Å². The van der Waals surface area contributed by atoms with Crippen LogP contribution in [-0.2, 0) is 4.74 Å². The maximum atomic E-state index is 5.28. The van der Waals surface area contributed by atoms with Crippen LogP contribution in [0.2, 0.25) is 0 Å². The SMILES string of the molecule is CSCCCCCOCCS. The van der Waals surface area contributed by atoms with Gasteiger partial charge in [0, 0.05) is 12.4 Å². The average Bonchev–Trinajstić information content (AvgIpc) is 2.03. The van der Waals surface area contributed by atoms with E-state index in [1.54, 1.807) is 0 Å². The molecule has 0 N–H and O–H groups in total. The van der Waals surface area contributed by atoms with Gasteiger partial charge in [-0.15, -0.1) is 0 Å². The summed E-state index contributed by atoms with van der Waals surface area (Å²) < 4.78 is 5.28. The van der Waals surface area contributed by atoms with E-state index in [1.807, 2.05) is 11.8 Å². The maximum absolute atomic E-state index is 5.28. The zero-order valence-electron chi connectivity index (χ0n) is 7.21. The lowest BCUT2D eigenvalue weighted by Crippen LogP contribution is -1.97. The molecule has 0 heterocycles. The first-order chi connectivity index (χ1) is 5.41. The molecule has 0 aromatic heterocycles. The minimum atomic E-state index is 0.797. The molecule has 1 nitrogen and oxygen atoms in total. The van der Waals surface area contributed by atoms with Gasteiger partial charge in [0.05, 0.1) is 6.61 Å². The molecule has 0 fully saturated rings. The van der Waals surface area contributed by atoms with Crippen molar-refractivity contribution in [3.05, 3.63) is 0 Å². The number of hydrogen-bond donors (Lipinski definition) is 1. The van der Waals surface area contributed by atoms with E-state index in [0.29, 0.717) is 0 Å². The summed E-state index contributed by atoms with van der Waals surface area (Å²) >= 11 is 5.97. The molecular formula is C8H18OS2. The summed E-state index contributed by atoms with van der Waals surface area (Å²) in [6.45, 7) is 1.71. The van der Waals surface area contributed by atoms with Gasteiger partial charge in [0.15, 0.2) is 0 Å². The highest BCUT2D eigenvalue weighted by Gasteiger charge is 1.88. The molecule has 0 saturated carbocycles. The first-order valence-corrected chi connectivity index (χ1v) is 6.12. The van der Waals surface area contributed by atoms with Crippen LogP contribution in [0.1, 0.15) is 19.3 Å². The smallest absolute Gasteiger partial charge is 0.0554 e. The Kier molecular flexibility index (Phi) is 11.3. The van der Waals surface area contributed by atoms with Crippen molar-refractivity contribution in [1.82, 2.24) is 0 Å². The second-order valence-electron chi connectivity index (χ2n) is 2.39. The summed E-state index contributed by atoms with van der Waals surface area (Å²) in [5.74, 6) is 2.12. The first-order valence-electron chi connectivity index (χ1n) is 4.09. The molecule has 0 radical (unpaired) electrons. The molecule has 0 aromatic carbocycles. The standard InChI is InChI=1S/C8H18OS2/c1-11-8-4-2-3-5-9-6-7-10/h10H,2-8H2,1H3. The van der Waals surface area contributed by atoms with Gasteiger partial charge in [-0.3, -0.25) is 0 Å². The Morgan fingerprint density at radius 2 is 2.00 bits per heavy atom.